The number of hydrogen-bond donors (Lipinski definition) is 2. The normalized spacial score (nSPS) is 14.8. The van der Waals surface area contributed by atoms with Crippen molar-refractivity contribution in [3.8, 4) is 17.4 Å². The van der Waals surface area contributed by atoms with Gasteiger partial charge >= 0.3 is 0 Å². The number of ether oxygens (including phenoxy) is 3. The number of rotatable bonds is 10. The topological polar surface area (TPSA) is 77.0 Å². The minimum atomic E-state index is -0.0619. The van der Waals surface area contributed by atoms with Crippen LogP contribution in [0.3, 0.4) is 0 Å². The SMILES string of the molecule is CN=C(NCc1ccnc(OCC2CC2)c1)NCC(C)Oc1ccccc1OC. The number of nitrogens with one attached hydrogen (secondary N) is 2. The zero-order valence-corrected chi connectivity index (χ0v) is 17.4. The third-order valence-electron chi connectivity index (χ3n) is 4.60. The van der Waals surface area contributed by atoms with Gasteiger partial charge in [0.1, 0.15) is 6.10 Å². The van der Waals surface area contributed by atoms with E-state index in [-0.39, 0.29) is 6.10 Å². The summed E-state index contributed by atoms with van der Waals surface area (Å²) in [5.74, 6) is 3.54. The summed E-state index contributed by atoms with van der Waals surface area (Å²) >= 11 is 0. The molecule has 2 aromatic rings. The molecule has 0 amide bonds. The van der Waals surface area contributed by atoms with Gasteiger partial charge < -0.3 is 24.8 Å². The summed E-state index contributed by atoms with van der Waals surface area (Å²) in [6.07, 6.45) is 4.25. The van der Waals surface area contributed by atoms with Gasteiger partial charge in [0, 0.05) is 25.9 Å². The molecule has 7 nitrogen and oxygen atoms in total. The van der Waals surface area contributed by atoms with E-state index in [1.54, 1.807) is 20.4 Å². The summed E-state index contributed by atoms with van der Waals surface area (Å²) in [5.41, 5.74) is 1.09. The number of aliphatic imine (C=N–C) groups is 1. The van der Waals surface area contributed by atoms with Gasteiger partial charge in [-0.3, -0.25) is 4.99 Å². The minimum absolute atomic E-state index is 0.0619. The molecule has 3 rings (SSSR count). The summed E-state index contributed by atoms with van der Waals surface area (Å²) in [4.78, 5) is 8.55. The maximum absolute atomic E-state index is 5.97. The molecule has 0 saturated heterocycles. The predicted molar refractivity (Wildman–Crippen MR) is 114 cm³/mol. The lowest BCUT2D eigenvalue weighted by Crippen LogP contribution is -2.41. The van der Waals surface area contributed by atoms with Gasteiger partial charge in [-0.1, -0.05) is 12.1 Å². The highest BCUT2D eigenvalue weighted by Gasteiger charge is 2.22. The highest BCUT2D eigenvalue weighted by atomic mass is 16.5. The molecule has 156 valence electrons. The van der Waals surface area contributed by atoms with Gasteiger partial charge in [0.2, 0.25) is 5.88 Å². The Bertz CT molecular complexity index is 808. The van der Waals surface area contributed by atoms with Crippen LogP contribution < -0.4 is 24.8 Å². The Morgan fingerprint density at radius 1 is 1.21 bits per heavy atom. The van der Waals surface area contributed by atoms with Crippen LogP contribution in [0.25, 0.3) is 0 Å². The highest BCUT2D eigenvalue weighted by molar-refractivity contribution is 5.79. The fourth-order valence-corrected chi connectivity index (χ4v) is 2.75. The molecule has 29 heavy (non-hydrogen) atoms. The number of guanidine groups is 1. The molecule has 0 radical (unpaired) electrons. The molecule has 1 aromatic heterocycles. The van der Waals surface area contributed by atoms with Crippen molar-refractivity contribution in [2.75, 3.05) is 27.3 Å². The molecule has 0 bridgehead atoms. The van der Waals surface area contributed by atoms with Crippen LogP contribution in [-0.4, -0.2) is 44.4 Å². The van der Waals surface area contributed by atoms with E-state index in [2.05, 4.69) is 20.6 Å². The number of aromatic nitrogens is 1. The lowest BCUT2D eigenvalue weighted by atomic mass is 10.2. The molecular formula is C22H30N4O3. The standard InChI is InChI=1S/C22H30N4O3/c1-16(29-20-7-5-4-6-19(20)27-3)13-25-22(23-2)26-14-18-10-11-24-21(12-18)28-15-17-8-9-17/h4-7,10-12,16-17H,8-9,13-15H2,1-3H3,(H2,23,25,26). The summed E-state index contributed by atoms with van der Waals surface area (Å²) in [7, 11) is 3.39. The van der Waals surface area contributed by atoms with E-state index < -0.39 is 0 Å². The van der Waals surface area contributed by atoms with E-state index in [4.69, 9.17) is 14.2 Å². The molecule has 0 spiro atoms. The zero-order valence-electron chi connectivity index (χ0n) is 17.4. The van der Waals surface area contributed by atoms with Crippen LogP contribution in [0.15, 0.2) is 47.6 Å². The first-order valence-corrected chi connectivity index (χ1v) is 10.00. The molecule has 1 aliphatic carbocycles. The molecule has 0 aliphatic heterocycles. The molecule has 1 saturated carbocycles. The second-order valence-corrected chi connectivity index (χ2v) is 7.14. The van der Waals surface area contributed by atoms with Gasteiger partial charge in [-0.25, -0.2) is 4.98 Å². The Morgan fingerprint density at radius 3 is 2.72 bits per heavy atom. The van der Waals surface area contributed by atoms with Gasteiger partial charge in [-0.05, 0) is 49.4 Å². The number of pyridine rings is 1. The fraction of sp³-hybridized carbons (Fsp3) is 0.455. The van der Waals surface area contributed by atoms with Crippen molar-refractivity contribution in [3.63, 3.8) is 0 Å². The molecule has 1 aliphatic rings. The van der Waals surface area contributed by atoms with Gasteiger partial charge in [0.05, 0.1) is 20.3 Å². The summed E-state index contributed by atoms with van der Waals surface area (Å²) in [6, 6.07) is 11.6. The van der Waals surface area contributed by atoms with Crippen molar-refractivity contribution >= 4 is 5.96 Å². The Kier molecular flexibility index (Phi) is 7.55. The Labute approximate surface area is 172 Å². The molecular weight excluding hydrogens is 368 g/mol. The van der Waals surface area contributed by atoms with Crippen LogP contribution in [0.4, 0.5) is 0 Å². The molecule has 2 N–H and O–H groups in total. The second-order valence-electron chi connectivity index (χ2n) is 7.14. The lowest BCUT2D eigenvalue weighted by molar-refractivity contribution is 0.213. The van der Waals surface area contributed by atoms with Crippen LogP contribution in [0.1, 0.15) is 25.3 Å². The van der Waals surface area contributed by atoms with Crippen molar-refractivity contribution in [2.45, 2.75) is 32.4 Å². The van der Waals surface area contributed by atoms with Crippen molar-refractivity contribution in [1.29, 1.82) is 0 Å². The molecule has 1 aromatic carbocycles. The fourth-order valence-electron chi connectivity index (χ4n) is 2.75. The first-order valence-electron chi connectivity index (χ1n) is 10.00. The van der Waals surface area contributed by atoms with Crippen molar-refractivity contribution in [3.05, 3.63) is 48.2 Å². The van der Waals surface area contributed by atoms with Crippen LogP contribution >= 0.6 is 0 Å². The van der Waals surface area contributed by atoms with Crippen molar-refractivity contribution in [2.24, 2.45) is 10.9 Å². The first kappa shape index (κ1) is 20.8. The second kappa shape index (κ2) is 10.5. The van der Waals surface area contributed by atoms with Gasteiger partial charge in [0.25, 0.3) is 0 Å². The van der Waals surface area contributed by atoms with Crippen LogP contribution in [0.5, 0.6) is 17.4 Å². The molecule has 1 unspecified atom stereocenters. The van der Waals surface area contributed by atoms with E-state index in [1.165, 1.54) is 12.8 Å². The summed E-state index contributed by atoms with van der Waals surface area (Å²) in [6.45, 7) is 3.99. The Hall–Kier alpha value is -2.96. The van der Waals surface area contributed by atoms with E-state index in [9.17, 15) is 0 Å². The van der Waals surface area contributed by atoms with Gasteiger partial charge in [-0.2, -0.15) is 0 Å². The molecule has 1 heterocycles. The van der Waals surface area contributed by atoms with E-state index >= 15 is 0 Å². The smallest absolute Gasteiger partial charge is 0.213 e. The number of benzene rings is 1. The average molecular weight is 399 g/mol. The first-order chi connectivity index (χ1) is 14.2. The molecule has 1 atom stereocenters. The van der Waals surface area contributed by atoms with Gasteiger partial charge in [-0.15, -0.1) is 0 Å². The largest absolute Gasteiger partial charge is 0.493 e. The van der Waals surface area contributed by atoms with Crippen LogP contribution in [-0.2, 0) is 6.54 Å². The Morgan fingerprint density at radius 2 is 2.00 bits per heavy atom. The number of methoxy groups -OCH3 is 1. The van der Waals surface area contributed by atoms with Gasteiger partial charge in [0.15, 0.2) is 17.5 Å². The van der Waals surface area contributed by atoms with E-state index in [1.807, 2.05) is 43.3 Å². The Balaban J connectivity index is 1.43. The number of nitrogens with zero attached hydrogens (tertiary/aromatic N) is 2. The monoisotopic (exact) mass is 398 g/mol. The third kappa shape index (κ3) is 6.85. The molecule has 1 fully saturated rings. The van der Waals surface area contributed by atoms with Crippen molar-refractivity contribution < 1.29 is 14.2 Å². The van der Waals surface area contributed by atoms with E-state index in [0.29, 0.717) is 30.8 Å². The minimum Gasteiger partial charge on any atom is -0.493 e. The maximum atomic E-state index is 5.97. The zero-order chi connectivity index (χ0) is 20.5. The average Bonchev–Trinajstić information content (AvgIpc) is 3.58. The van der Waals surface area contributed by atoms with Crippen molar-refractivity contribution in [1.82, 2.24) is 15.6 Å². The number of hydrogen-bond acceptors (Lipinski definition) is 5. The third-order valence-corrected chi connectivity index (χ3v) is 4.60. The van der Waals surface area contributed by atoms with Crippen LogP contribution in [0, 0.1) is 5.92 Å². The lowest BCUT2D eigenvalue weighted by Gasteiger charge is -2.19. The maximum Gasteiger partial charge on any atom is 0.213 e. The number of para-hydroxylation sites is 2. The summed E-state index contributed by atoms with van der Waals surface area (Å²) < 4.78 is 17.0. The molecule has 7 heteroatoms. The summed E-state index contributed by atoms with van der Waals surface area (Å²) in [5, 5.41) is 6.59. The van der Waals surface area contributed by atoms with E-state index in [0.717, 1.165) is 23.7 Å². The van der Waals surface area contributed by atoms with Crippen LogP contribution in [0.2, 0.25) is 0 Å². The quantitative estimate of drug-likeness (QED) is 0.473. The predicted octanol–water partition coefficient (Wildman–Crippen LogP) is 3.01. The highest BCUT2D eigenvalue weighted by Crippen LogP contribution is 2.29.